The highest BCUT2D eigenvalue weighted by Gasteiger charge is 2.34. The van der Waals surface area contributed by atoms with Crippen LogP contribution in [0.2, 0.25) is 0 Å². The minimum Gasteiger partial charge on any atom is -0.304 e. The molecule has 0 aliphatic heterocycles. The second kappa shape index (κ2) is 13.0. The van der Waals surface area contributed by atoms with E-state index in [0.717, 1.165) is 126 Å². The SMILES string of the molecule is N#Cc1c(-n2c3cncc4c5ccccc5c5cncc2c5c43)c(-c2ccccc2)c(-c2ccccc2)c(-c2ccccc2)c1-n1c2nccc3c4ccccc4c4ccnc1c4c32. The van der Waals surface area contributed by atoms with Gasteiger partial charge in [-0.2, -0.15) is 5.26 Å². The van der Waals surface area contributed by atoms with Crippen molar-refractivity contribution in [2.24, 2.45) is 0 Å². The van der Waals surface area contributed by atoms with E-state index in [0.29, 0.717) is 11.3 Å². The Morgan fingerprint density at radius 3 is 1.19 bits per heavy atom. The van der Waals surface area contributed by atoms with Crippen molar-refractivity contribution in [1.29, 1.82) is 5.26 Å². The van der Waals surface area contributed by atoms with Gasteiger partial charge in [-0.1, -0.05) is 140 Å². The maximum absolute atomic E-state index is 12.3. The van der Waals surface area contributed by atoms with E-state index in [9.17, 15) is 5.26 Å². The smallest absolute Gasteiger partial charge is 0.147 e. The zero-order chi connectivity index (χ0) is 42.0. The van der Waals surface area contributed by atoms with Crippen LogP contribution in [-0.2, 0) is 0 Å². The highest BCUT2D eigenvalue weighted by atomic mass is 15.1. The zero-order valence-electron chi connectivity index (χ0n) is 34.0. The fourth-order valence-electron chi connectivity index (χ4n) is 10.9. The lowest BCUT2D eigenvalue weighted by Gasteiger charge is -2.27. The Morgan fingerprint density at radius 1 is 0.359 bits per heavy atom. The number of pyridine rings is 4. The Morgan fingerprint density at radius 2 is 0.750 bits per heavy atom. The lowest BCUT2D eigenvalue weighted by atomic mass is 9.82. The summed E-state index contributed by atoms with van der Waals surface area (Å²) < 4.78 is 4.43. The van der Waals surface area contributed by atoms with E-state index >= 15 is 0 Å². The predicted octanol–water partition coefficient (Wildman–Crippen LogP) is 13.8. The van der Waals surface area contributed by atoms with Crippen molar-refractivity contribution in [3.05, 3.63) is 194 Å². The van der Waals surface area contributed by atoms with Crippen LogP contribution in [0.25, 0.3) is 132 Å². The molecule has 294 valence electrons. The first-order valence-electron chi connectivity index (χ1n) is 21.3. The van der Waals surface area contributed by atoms with Crippen molar-refractivity contribution < 1.29 is 0 Å². The van der Waals surface area contributed by atoms with Gasteiger partial charge in [0, 0.05) is 73.8 Å². The van der Waals surface area contributed by atoms with Crippen LogP contribution in [0.5, 0.6) is 0 Å². The summed E-state index contributed by atoms with van der Waals surface area (Å²) in [6.45, 7) is 0. The molecule has 8 aromatic carbocycles. The number of nitrogens with zero attached hydrogens (tertiary/aromatic N) is 7. The van der Waals surface area contributed by atoms with E-state index < -0.39 is 0 Å². The minimum atomic E-state index is 0.471. The number of hydrogen-bond donors (Lipinski definition) is 0. The molecular weight excluding hydrogens is 783 g/mol. The Kier molecular flexibility index (Phi) is 7.05. The molecule has 14 rings (SSSR count). The summed E-state index contributed by atoms with van der Waals surface area (Å²) in [4.78, 5) is 20.4. The monoisotopic (exact) mass is 813 g/mol. The maximum Gasteiger partial charge on any atom is 0.147 e. The first-order chi connectivity index (χ1) is 31.8. The number of nitriles is 1. The topological polar surface area (TPSA) is 85.2 Å². The third-order valence-electron chi connectivity index (χ3n) is 13.3. The molecule has 0 saturated heterocycles. The Labute approximate surface area is 365 Å². The predicted molar refractivity (Wildman–Crippen MR) is 260 cm³/mol. The molecule has 0 fully saturated rings. The van der Waals surface area contributed by atoms with E-state index in [1.807, 2.05) is 49.3 Å². The maximum atomic E-state index is 12.3. The molecule has 0 N–H and O–H groups in total. The molecule has 14 aromatic rings. The fraction of sp³-hybridized carbons (Fsp3) is 0. The van der Waals surface area contributed by atoms with Gasteiger partial charge in [-0.05, 0) is 61.1 Å². The quantitative estimate of drug-likeness (QED) is 0.162. The molecular formula is C57H31N7. The van der Waals surface area contributed by atoms with Gasteiger partial charge in [0.25, 0.3) is 0 Å². The Balaban J connectivity index is 1.30. The summed E-state index contributed by atoms with van der Waals surface area (Å²) in [6.07, 6.45) is 11.6. The molecule has 6 heterocycles. The fourth-order valence-corrected chi connectivity index (χ4v) is 10.9. The number of benzene rings is 8. The van der Waals surface area contributed by atoms with Gasteiger partial charge in [-0.3, -0.25) is 14.5 Å². The Bertz CT molecular complexity index is 3820. The second-order valence-electron chi connectivity index (χ2n) is 16.4. The molecule has 0 unspecified atom stereocenters. The molecule has 0 bridgehead atoms. The van der Waals surface area contributed by atoms with Gasteiger partial charge >= 0.3 is 0 Å². The largest absolute Gasteiger partial charge is 0.304 e. The van der Waals surface area contributed by atoms with Crippen molar-refractivity contribution in [2.45, 2.75) is 0 Å². The highest BCUT2D eigenvalue weighted by molar-refractivity contribution is 6.35. The molecule has 0 spiro atoms. The van der Waals surface area contributed by atoms with Crippen LogP contribution in [-0.4, -0.2) is 29.1 Å². The third-order valence-corrected chi connectivity index (χ3v) is 13.3. The number of rotatable bonds is 5. The highest BCUT2D eigenvalue weighted by Crippen LogP contribution is 2.53. The van der Waals surface area contributed by atoms with Crippen LogP contribution in [0.1, 0.15) is 5.56 Å². The van der Waals surface area contributed by atoms with Crippen molar-refractivity contribution >= 4 is 87.0 Å². The number of hydrogen-bond acceptors (Lipinski definition) is 5. The second-order valence-corrected chi connectivity index (χ2v) is 16.4. The molecule has 64 heavy (non-hydrogen) atoms. The van der Waals surface area contributed by atoms with Gasteiger partial charge in [-0.15, -0.1) is 0 Å². The average Bonchev–Trinajstić information content (AvgIpc) is 3.89. The lowest BCUT2D eigenvalue weighted by molar-refractivity contribution is 1.08. The van der Waals surface area contributed by atoms with Crippen molar-refractivity contribution in [1.82, 2.24) is 29.1 Å². The lowest BCUT2D eigenvalue weighted by Crippen LogP contribution is -2.11. The van der Waals surface area contributed by atoms with E-state index in [1.54, 1.807) is 0 Å². The van der Waals surface area contributed by atoms with Gasteiger partial charge in [0.05, 0.1) is 34.8 Å². The van der Waals surface area contributed by atoms with Crippen LogP contribution in [0.3, 0.4) is 0 Å². The van der Waals surface area contributed by atoms with Gasteiger partial charge in [0.1, 0.15) is 22.9 Å². The molecule has 0 amide bonds. The summed E-state index contributed by atoms with van der Waals surface area (Å²) in [5.41, 5.74) is 10.9. The third kappa shape index (κ3) is 4.47. The molecule has 0 saturated carbocycles. The average molecular weight is 814 g/mol. The minimum absolute atomic E-state index is 0.471. The van der Waals surface area contributed by atoms with Gasteiger partial charge in [-0.25, -0.2) is 9.97 Å². The molecule has 0 atom stereocenters. The zero-order valence-corrected chi connectivity index (χ0v) is 34.0. The molecule has 0 aliphatic carbocycles. The van der Waals surface area contributed by atoms with Gasteiger partial charge in [0.2, 0.25) is 0 Å². The molecule has 7 nitrogen and oxygen atoms in total. The molecule has 0 radical (unpaired) electrons. The summed E-state index contributed by atoms with van der Waals surface area (Å²) in [6, 6.07) is 55.7. The summed E-state index contributed by atoms with van der Waals surface area (Å²) in [5.74, 6) is 0. The van der Waals surface area contributed by atoms with E-state index in [2.05, 4.69) is 155 Å². The molecule has 0 aliphatic rings. The van der Waals surface area contributed by atoms with E-state index in [1.165, 1.54) is 0 Å². The Hall–Kier alpha value is -8.99. The summed E-state index contributed by atoms with van der Waals surface area (Å²) >= 11 is 0. The first-order valence-corrected chi connectivity index (χ1v) is 21.3. The van der Waals surface area contributed by atoms with Crippen molar-refractivity contribution in [3.8, 4) is 50.8 Å². The van der Waals surface area contributed by atoms with Crippen molar-refractivity contribution in [2.75, 3.05) is 0 Å². The summed E-state index contributed by atoms with van der Waals surface area (Å²) in [5, 5.41) is 25.2. The van der Waals surface area contributed by atoms with Crippen LogP contribution in [0.4, 0.5) is 0 Å². The van der Waals surface area contributed by atoms with Crippen LogP contribution in [0.15, 0.2) is 189 Å². The van der Waals surface area contributed by atoms with Gasteiger partial charge in [0.15, 0.2) is 0 Å². The molecule has 6 aromatic heterocycles. The molecule has 7 heteroatoms. The first kappa shape index (κ1) is 34.7. The van der Waals surface area contributed by atoms with Crippen LogP contribution in [0, 0.1) is 11.3 Å². The van der Waals surface area contributed by atoms with Gasteiger partial charge < -0.3 is 4.57 Å². The number of aromatic nitrogens is 6. The van der Waals surface area contributed by atoms with E-state index in [-0.39, 0.29) is 0 Å². The van der Waals surface area contributed by atoms with Crippen molar-refractivity contribution in [3.63, 3.8) is 0 Å². The van der Waals surface area contributed by atoms with Crippen LogP contribution >= 0.6 is 0 Å². The van der Waals surface area contributed by atoms with E-state index in [4.69, 9.17) is 19.9 Å². The van der Waals surface area contributed by atoms with Crippen LogP contribution < -0.4 is 0 Å². The summed E-state index contributed by atoms with van der Waals surface area (Å²) in [7, 11) is 0. The number of fused-ring (bicyclic) bond motifs is 6. The normalized spacial score (nSPS) is 12.0. The standard InChI is InChI=1S/C57H31N7/c58-28-42-54(63-45-31-59-29-43-38-22-12-13-23-39(38)44-30-60-32-46(63)51(44)50(43)45)48(34-16-6-2-7-17-34)47(33-14-4-1-5-15-33)49(35-18-8-3-9-19-35)55(42)64-56-52-40(24-26-61-56)36-20-10-11-21-37(36)41-25-27-62-57(64)53(41)52/h1-27,29-32H.